The Hall–Kier alpha value is -2.65. The van der Waals surface area contributed by atoms with E-state index in [9.17, 15) is 13.2 Å². The minimum atomic E-state index is -4.16. The molecule has 3 fully saturated rings. The number of aryl methyl sites for hydroxylation is 1. The number of carbonyl (C=O) groups is 1. The quantitative estimate of drug-likeness (QED) is 0.596. The van der Waals surface area contributed by atoms with E-state index in [1.54, 1.807) is 12.1 Å². The van der Waals surface area contributed by atoms with Crippen molar-refractivity contribution in [3.8, 4) is 5.75 Å². The highest BCUT2D eigenvalue weighted by Crippen LogP contribution is 2.46. The molecule has 3 aliphatic rings. The first kappa shape index (κ1) is 25.0. The lowest BCUT2D eigenvalue weighted by molar-refractivity contribution is -0.128. The fourth-order valence-electron chi connectivity index (χ4n) is 5.26. The Labute approximate surface area is 213 Å². The van der Waals surface area contributed by atoms with Crippen LogP contribution in [0.5, 0.6) is 5.75 Å². The van der Waals surface area contributed by atoms with Crippen LogP contribution in [0.4, 0.5) is 5.82 Å². The van der Waals surface area contributed by atoms with Gasteiger partial charge in [0.1, 0.15) is 11.6 Å². The van der Waals surface area contributed by atoms with Gasteiger partial charge < -0.3 is 14.4 Å². The standard InChI is InChI=1S/C27H35N3O5S/c1-19-8-6-11-22(21-9-4-3-5-10-21)25(19)35-27(14-15-27)26(31)29-36(32,33)24-13-7-12-23(28-24)30-16-17-34-20(2)18-30/h6-8,11-13,20-21H,3-5,9-10,14-18H2,1-2H3,(H,29,31). The van der Waals surface area contributed by atoms with Crippen LogP contribution in [0.1, 0.15) is 68.9 Å². The summed E-state index contributed by atoms with van der Waals surface area (Å²) in [5, 5.41) is -0.179. The number of aromatic nitrogens is 1. The lowest BCUT2D eigenvalue weighted by atomic mass is 9.83. The molecule has 2 aliphatic carbocycles. The van der Waals surface area contributed by atoms with Gasteiger partial charge in [0.25, 0.3) is 15.9 Å². The molecule has 194 valence electrons. The number of benzene rings is 1. The number of nitrogens with zero attached hydrogens (tertiary/aromatic N) is 2. The Balaban J connectivity index is 1.33. The van der Waals surface area contributed by atoms with Crippen LogP contribution in [0, 0.1) is 6.92 Å². The molecule has 1 saturated heterocycles. The van der Waals surface area contributed by atoms with Gasteiger partial charge in [-0.3, -0.25) is 4.79 Å². The molecule has 36 heavy (non-hydrogen) atoms. The molecule has 1 aromatic carbocycles. The van der Waals surface area contributed by atoms with Gasteiger partial charge in [-0.25, -0.2) is 9.71 Å². The van der Waals surface area contributed by atoms with Crippen molar-refractivity contribution in [1.82, 2.24) is 9.71 Å². The van der Waals surface area contributed by atoms with Crippen molar-refractivity contribution in [3.63, 3.8) is 0 Å². The number of morpholine rings is 1. The molecule has 2 aromatic rings. The fraction of sp³-hybridized carbons (Fsp3) is 0.556. The van der Waals surface area contributed by atoms with Gasteiger partial charge >= 0.3 is 0 Å². The van der Waals surface area contributed by atoms with Crippen molar-refractivity contribution in [3.05, 3.63) is 47.5 Å². The first-order valence-electron chi connectivity index (χ1n) is 13.0. The number of nitrogens with one attached hydrogen (secondary N) is 1. The van der Waals surface area contributed by atoms with Gasteiger partial charge in [-0.1, -0.05) is 43.5 Å². The van der Waals surface area contributed by atoms with Gasteiger partial charge in [0.15, 0.2) is 10.6 Å². The Kier molecular flexibility index (Phi) is 6.96. The first-order chi connectivity index (χ1) is 17.3. The van der Waals surface area contributed by atoms with Crippen LogP contribution in [-0.2, 0) is 19.6 Å². The van der Waals surface area contributed by atoms with Gasteiger partial charge in [-0.15, -0.1) is 0 Å². The molecule has 0 bridgehead atoms. The summed E-state index contributed by atoms with van der Waals surface area (Å²) < 4.78 is 40.5. The summed E-state index contributed by atoms with van der Waals surface area (Å²) in [7, 11) is -4.16. The summed E-state index contributed by atoms with van der Waals surface area (Å²) in [6.07, 6.45) is 6.84. The second-order valence-electron chi connectivity index (χ2n) is 10.3. The number of para-hydroxylation sites is 1. The first-order valence-corrected chi connectivity index (χ1v) is 14.5. The Morgan fingerprint density at radius 3 is 2.61 bits per heavy atom. The lowest BCUT2D eigenvalue weighted by Gasteiger charge is -2.32. The average molecular weight is 514 g/mol. The minimum Gasteiger partial charge on any atom is -0.477 e. The SMILES string of the molecule is Cc1cccc(C2CCCCC2)c1OC1(C(=O)NS(=O)(=O)c2cccc(N3CCOC(C)C3)n2)CC1. The molecule has 0 spiro atoms. The number of pyridine rings is 1. The predicted molar refractivity (Wildman–Crippen MR) is 137 cm³/mol. The van der Waals surface area contributed by atoms with Crippen LogP contribution < -0.4 is 14.4 Å². The summed E-state index contributed by atoms with van der Waals surface area (Å²) in [4.78, 5) is 19.6. The number of sulfonamides is 1. The van der Waals surface area contributed by atoms with E-state index in [4.69, 9.17) is 9.47 Å². The van der Waals surface area contributed by atoms with Crippen molar-refractivity contribution in [2.24, 2.45) is 0 Å². The molecule has 9 heteroatoms. The molecule has 1 N–H and O–H groups in total. The zero-order valence-electron chi connectivity index (χ0n) is 21.0. The zero-order valence-corrected chi connectivity index (χ0v) is 21.9. The maximum absolute atomic E-state index is 13.3. The molecular formula is C27H35N3O5S. The van der Waals surface area contributed by atoms with Crippen molar-refractivity contribution in [2.75, 3.05) is 24.6 Å². The maximum Gasteiger partial charge on any atom is 0.281 e. The number of carbonyl (C=O) groups excluding carboxylic acids is 1. The number of amides is 1. The van der Waals surface area contributed by atoms with Gasteiger partial charge in [0.05, 0.1) is 12.7 Å². The number of ether oxygens (including phenoxy) is 2. The van der Waals surface area contributed by atoms with E-state index in [1.807, 2.05) is 30.9 Å². The van der Waals surface area contributed by atoms with E-state index in [0.717, 1.165) is 29.7 Å². The highest BCUT2D eigenvalue weighted by atomic mass is 32.2. The van der Waals surface area contributed by atoms with Crippen molar-refractivity contribution in [1.29, 1.82) is 0 Å². The summed E-state index contributed by atoms with van der Waals surface area (Å²) in [6, 6.07) is 10.9. The topological polar surface area (TPSA) is 97.8 Å². The van der Waals surface area contributed by atoms with E-state index < -0.39 is 21.5 Å². The molecule has 0 radical (unpaired) electrons. The van der Waals surface area contributed by atoms with Gasteiger partial charge in [-0.05, 0) is 55.9 Å². The molecule has 5 rings (SSSR count). The van der Waals surface area contributed by atoms with E-state index in [2.05, 4.69) is 15.8 Å². The third kappa shape index (κ3) is 5.22. The second-order valence-corrected chi connectivity index (χ2v) is 11.9. The highest BCUT2D eigenvalue weighted by Gasteiger charge is 2.54. The van der Waals surface area contributed by atoms with Crippen LogP contribution in [0.3, 0.4) is 0 Å². The molecule has 1 amide bonds. The number of anilines is 1. The highest BCUT2D eigenvalue weighted by molar-refractivity contribution is 7.90. The van der Waals surface area contributed by atoms with Gasteiger partial charge in [-0.2, -0.15) is 8.42 Å². The molecule has 1 unspecified atom stereocenters. The zero-order chi connectivity index (χ0) is 25.3. The molecule has 1 atom stereocenters. The molecule has 2 heterocycles. The predicted octanol–water partition coefficient (Wildman–Crippen LogP) is 4.08. The molecule has 1 aliphatic heterocycles. The normalized spacial score (nSPS) is 22.2. The Morgan fingerprint density at radius 1 is 1.14 bits per heavy atom. The molecule has 1 aromatic heterocycles. The average Bonchev–Trinajstić information content (AvgIpc) is 3.67. The summed E-state index contributed by atoms with van der Waals surface area (Å²) in [6.45, 7) is 5.76. The van der Waals surface area contributed by atoms with Crippen molar-refractivity contribution >= 4 is 21.7 Å². The van der Waals surface area contributed by atoms with Gasteiger partial charge in [0.2, 0.25) is 0 Å². The summed E-state index contributed by atoms with van der Waals surface area (Å²) >= 11 is 0. The number of rotatable bonds is 7. The van der Waals surface area contributed by atoms with E-state index >= 15 is 0 Å². The number of hydrogen-bond acceptors (Lipinski definition) is 7. The van der Waals surface area contributed by atoms with Crippen LogP contribution in [0.25, 0.3) is 0 Å². The Bertz CT molecular complexity index is 1220. The summed E-state index contributed by atoms with van der Waals surface area (Å²) in [5.74, 6) is 1.06. The minimum absolute atomic E-state index is 0.0346. The number of hydrogen-bond donors (Lipinski definition) is 1. The van der Waals surface area contributed by atoms with E-state index in [1.165, 1.54) is 25.3 Å². The second kappa shape index (κ2) is 10.0. The maximum atomic E-state index is 13.3. The third-order valence-electron chi connectivity index (χ3n) is 7.48. The van der Waals surface area contributed by atoms with E-state index in [0.29, 0.717) is 44.3 Å². The Morgan fingerprint density at radius 2 is 1.89 bits per heavy atom. The summed E-state index contributed by atoms with van der Waals surface area (Å²) in [5.41, 5.74) is 0.930. The van der Waals surface area contributed by atoms with Crippen LogP contribution >= 0.6 is 0 Å². The fourth-order valence-corrected chi connectivity index (χ4v) is 6.26. The van der Waals surface area contributed by atoms with Crippen LogP contribution in [0.2, 0.25) is 0 Å². The van der Waals surface area contributed by atoms with E-state index in [-0.39, 0.29) is 11.1 Å². The lowest BCUT2D eigenvalue weighted by Crippen LogP contribution is -2.44. The van der Waals surface area contributed by atoms with Gasteiger partial charge in [0, 0.05) is 25.9 Å². The third-order valence-corrected chi connectivity index (χ3v) is 8.71. The van der Waals surface area contributed by atoms with Crippen LogP contribution in [-0.4, -0.2) is 50.7 Å². The molecular weight excluding hydrogens is 478 g/mol. The van der Waals surface area contributed by atoms with Crippen molar-refractivity contribution in [2.45, 2.75) is 81.4 Å². The molecule has 2 saturated carbocycles. The molecule has 8 nitrogen and oxygen atoms in total. The van der Waals surface area contributed by atoms with Crippen molar-refractivity contribution < 1.29 is 22.7 Å². The largest absolute Gasteiger partial charge is 0.477 e. The van der Waals surface area contributed by atoms with Crippen LogP contribution in [0.15, 0.2) is 41.4 Å². The monoisotopic (exact) mass is 513 g/mol. The smallest absolute Gasteiger partial charge is 0.281 e.